The molecule has 7 heteroatoms. The van der Waals surface area contributed by atoms with E-state index in [0.29, 0.717) is 13.1 Å². The highest BCUT2D eigenvalue weighted by Gasteiger charge is 2.37. The Bertz CT molecular complexity index is 782. The molecule has 2 heterocycles. The van der Waals surface area contributed by atoms with E-state index in [2.05, 4.69) is 23.4 Å². The van der Waals surface area contributed by atoms with Crippen LogP contribution in [0.4, 0.5) is 13.2 Å². The summed E-state index contributed by atoms with van der Waals surface area (Å²) in [5.74, 6) is 0.357. The van der Waals surface area contributed by atoms with Gasteiger partial charge in [-0.2, -0.15) is 13.2 Å². The Morgan fingerprint density at radius 1 is 1.27 bits per heavy atom. The van der Waals surface area contributed by atoms with Gasteiger partial charge in [0.2, 0.25) is 0 Å². The number of hydrogen-bond acceptors (Lipinski definition) is 2. The molecule has 1 amide bonds. The maximum Gasteiger partial charge on any atom is 0.417 e. The second kappa shape index (κ2) is 7.13. The zero-order valence-electron chi connectivity index (χ0n) is 14.8. The second-order valence-corrected chi connectivity index (χ2v) is 6.92. The number of piperidine rings is 1. The summed E-state index contributed by atoms with van der Waals surface area (Å²) in [7, 11) is 0. The number of amides is 1. The summed E-state index contributed by atoms with van der Waals surface area (Å²) >= 11 is 0. The molecule has 1 aromatic heterocycles. The van der Waals surface area contributed by atoms with Crippen molar-refractivity contribution in [1.29, 1.82) is 0 Å². The molecule has 2 aromatic rings. The third-order valence-corrected chi connectivity index (χ3v) is 4.79. The summed E-state index contributed by atoms with van der Waals surface area (Å²) in [6, 6.07) is 5.22. The number of alkyl halides is 3. The fraction of sp³-hybridized carbons (Fsp3) is 0.474. The third kappa shape index (κ3) is 3.61. The smallest absolute Gasteiger partial charge is 0.338 e. The first kappa shape index (κ1) is 18.5. The van der Waals surface area contributed by atoms with Crippen LogP contribution in [0.2, 0.25) is 0 Å². The SMILES string of the molecule is CC(C)n1ccnc1C1CCCN(C(=O)c2ccccc2C(F)(F)F)C1. The number of nitrogens with zero attached hydrogens (tertiary/aromatic N) is 3. The first-order valence-corrected chi connectivity index (χ1v) is 8.77. The van der Waals surface area contributed by atoms with Crippen LogP contribution in [0, 0.1) is 0 Å². The fourth-order valence-corrected chi connectivity index (χ4v) is 3.54. The molecule has 1 atom stereocenters. The molecular formula is C19H22F3N3O. The van der Waals surface area contributed by atoms with Crippen LogP contribution < -0.4 is 0 Å². The van der Waals surface area contributed by atoms with Gasteiger partial charge in [0.15, 0.2) is 0 Å². The van der Waals surface area contributed by atoms with Crippen LogP contribution in [0.25, 0.3) is 0 Å². The van der Waals surface area contributed by atoms with Gasteiger partial charge in [0.1, 0.15) is 5.82 Å². The molecule has 1 aromatic carbocycles. The quantitative estimate of drug-likeness (QED) is 0.803. The minimum atomic E-state index is -4.55. The molecular weight excluding hydrogens is 343 g/mol. The van der Waals surface area contributed by atoms with Gasteiger partial charge in [0.25, 0.3) is 5.91 Å². The van der Waals surface area contributed by atoms with E-state index in [1.165, 1.54) is 23.1 Å². The zero-order chi connectivity index (χ0) is 18.9. The van der Waals surface area contributed by atoms with Crippen molar-refractivity contribution in [2.24, 2.45) is 0 Å². The normalized spacial score (nSPS) is 18.4. The Balaban J connectivity index is 1.85. The fourth-order valence-electron chi connectivity index (χ4n) is 3.54. The van der Waals surface area contributed by atoms with E-state index in [1.807, 2.05) is 6.20 Å². The molecule has 0 saturated carbocycles. The molecule has 1 unspecified atom stereocenters. The first-order valence-electron chi connectivity index (χ1n) is 8.77. The molecule has 0 spiro atoms. The number of rotatable bonds is 3. The molecule has 0 N–H and O–H groups in total. The summed E-state index contributed by atoms with van der Waals surface area (Å²) in [6.07, 6.45) is 0.702. The molecule has 0 aliphatic carbocycles. The summed E-state index contributed by atoms with van der Waals surface area (Å²) in [6.45, 7) is 4.95. The number of likely N-dealkylation sites (tertiary alicyclic amines) is 1. The number of imidazole rings is 1. The monoisotopic (exact) mass is 365 g/mol. The lowest BCUT2D eigenvalue weighted by Crippen LogP contribution is -2.40. The largest absolute Gasteiger partial charge is 0.417 e. The van der Waals surface area contributed by atoms with Crippen molar-refractivity contribution in [3.63, 3.8) is 0 Å². The average molecular weight is 365 g/mol. The van der Waals surface area contributed by atoms with Crippen molar-refractivity contribution >= 4 is 5.91 Å². The van der Waals surface area contributed by atoms with Crippen LogP contribution in [0.5, 0.6) is 0 Å². The van der Waals surface area contributed by atoms with Crippen LogP contribution in [0.15, 0.2) is 36.7 Å². The van der Waals surface area contributed by atoms with E-state index in [0.717, 1.165) is 24.7 Å². The van der Waals surface area contributed by atoms with Gasteiger partial charge < -0.3 is 9.47 Å². The minimum Gasteiger partial charge on any atom is -0.338 e. The first-order chi connectivity index (χ1) is 12.3. The molecule has 26 heavy (non-hydrogen) atoms. The number of hydrogen-bond donors (Lipinski definition) is 0. The summed E-state index contributed by atoms with van der Waals surface area (Å²) in [5, 5.41) is 0. The zero-order valence-corrected chi connectivity index (χ0v) is 14.8. The van der Waals surface area contributed by atoms with E-state index < -0.39 is 17.6 Å². The number of carbonyl (C=O) groups is 1. The molecule has 0 radical (unpaired) electrons. The van der Waals surface area contributed by atoms with Crippen LogP contribution in [-0.2, 0) is 6.18 Å². The lowest BCUT2D eigenvalue weighted by atomic mass is 9.95. The number of aromatic nitrogens is 2. The minimum absolute atomic E-state index is 0.0307. The molecule has 1 aliphatic heterocycles. The predicted octanol–water partition coefficient (Wildman–Crippen LogP) is 4.50. The van der Waals surface area contributed by atoms with Crippen LogP contribution >= 0.6 is 0 Å². The highest BCUT2D eigenvalue weighted by Crippen LogP contribution is 2.34. The van der Waals surface area contributed by atoms with Crippen LogP contribution in [0.3, 0.4) is 0 Å². The standard InChI is InChI=1S/C19H22F3N3O/c1-13(2)25-11-9-23-17(25)14-6-5-10-24(12-14)18(26)15-7-3-4-8-16(15)19(20,21)22/h3-4,7-9,11,13-14H,5-6,10,12H2,1-2H3. The summed E-state index contributed by atoms with van der Waals surface area (Å²) in [5.41, 5.74) is -1.16. The molecule has 1 aliphatic rings. The van der Waals surface area contributed by atoms with Crippen molar-refractivity contribution in [3.05, 3.63) is 53.6 Å². The Labute approximate surface area is 150 Å². The Kier molecular flexibility index (Phi) is 5.07. The van der Waals surface area contributed by atoms with E-state index in [9.17, 15) is 18.0 Å². The van der Waals surface area contributed by atoms with Crippen molar-refractivity contribution < 1.29 is 18.0 Å². The number of halogens is 3. The molecule has 3 rings (SSSR count). The molecule has 0 bridgehead atoms. The van der Waals surface area contributed by atoms with Crippen molar-refractivity contribution in [2.45, 2.75) is 44.8 Å². The number of benzene rings is 1. The lowest BCUT2D eigenvalue weighted by Gasteiger charge is -2.33. The van der Waals surface area contributed by atoms with E-state index >= 15 is 0 Å². The van der Waals surface area contributed by atoms with Gasteiger partial charge in [-0.3, -0.25) is 4.79 Å². The van der Waals surface area contributed by atoms with Crippen molar-refractivity contribution in [2.75, 3.05) is 13.1 Å². The van der Waals surface area contributed by atoms with Crippen molar-refractivity contribution in [1.82, 2.24) is 14.5 Å². The summed E-state index contributed by atoms with van der Waals surface area (Å²) < 4.78 is 41.8. The van der Waals surface area contributed by atoms with E-state index in [1.54, 1.807) is 6.20 Å². The predicted molar refractivity (Wildman–Crippen MR) is 91.9 cm³/mol. The Morgan fingerprint density at radius 3 is 2.69 bits per heavy atom. The number of carbonyl (C=O) groups excluding carboxylic acids is 1. The van der Waals surface area contributed by atoms with Gasteiger partial charge in [0, 0.05) is 37.4 Å². The Hall–Kier alpha value is -2.31. The van der Waals surface area contributed by atoms with Crippen LogP contribution in [0.1, 0.15) is 60.4 Å². The van der Waals surface area contributed by atoms with Gasteiger partial charge in [-0.15, -0.1) is 0 Å². The van der Waals surface area contributed by atoms with E-state index in [-0.39, 0.29) is 17.5 Å². The second-order valence-electron chi connectivity index (χ2n) is 6.92. The van der Waals surface area contributed by atoms with Gasteiger partial charge in [0.05, 0.1) is 11.1 Å². The highest BCUT2D eigenvalue weighted by atomic mass is 19.4. The van der Waals surface area contributed by atoms with Gasteiger partial charge >= 0.3 is 6.18 Å². The van der Waals surface area contributed by atoms with E-state index in [4.69, 9.17) is 0 Å². The van der Waals surface area contributed by atoms with Crippen LogP contribution in [-0.4, -0.2) is 33.4 Å². The van der Waals surface area contributed by atoms with Gasteiger partial charge in [-0.25, -0.2) is 4.98 Å². The maximum atomic E-state index is 13.2. The van der Waals surface area contributed by atoms with Crippen molar-refractivity contribution in [3.8, 4) is 0 Å². The highest BCUT2D eigenvalue weighted by molar-refractivity contribution is 5.96. The Morgan fingerprint density at radius 2 is 2.00 bits per heavy atom. The van der Waals surface area contributed by atoms with Gasteiger partial charge in [-0.05, 0) is 38.8 Å². The molecule has 4 nitrogen and oxygen atoms in total. The summed E-state index contributed by atoms with van der Waals surface area (Å²) in [4.78, 5) is 18.8. The van der Waals surface area contributed by atoms with Gasteiger partial charge in [-0.1, -0.05) is 12.1 Å². The molecule has 140 valence electrons. The maximum absolute atomic E-state index is 13.2. The topological polar surface area (TPSA) is 38.1 Å². The lowest BCUT2D eigenvalue weighted by molar-refractivity contribution is -0.138. The average Bonchev–Trinajstić information content (AvgIpc) is 3.10. The molecule has 1 saturated heterocycles. The third-order valence-electron chi connectivity index (χ3n) is 4.79. The molecule has 1 fully saturated rings.